The van der Waals surface area contributed by atoms with E-state index in [1.54, 1.807) is 17.0 Å². The molecule has 2 aromatic rings. The van der Waals surface area contributed by atoms with Gasteiger partial charge in [-0.3, -0.25) is 19.8 Å². The van der Waals surface area contributed by atoms with Crippen molar-refractivity contribution in [3.8, 4) is 5.75 Å². The molecule has 1 amide bonds. The number of rotatable bonds is 6. The molecular weight excluding hydrogens is 399 g/mol. The van der Waals surface area contributed by atoms with Crippen molar-refractivity contribution in [3.05, 3.63) is 57.9 Å². The summed E-state index contributed by atoms with van der Waals surface area (Å²) in [6.45, 7) is -0.0182. The van der Waals surface area contributed by atoms with Gasteiger partial charge in [0.2, 0.25) is 0 Å². The molecule has 0 saturated carbocycles. The second kappa shape index (κ2) is 8.00. The van der Waals surface area contributed by atoms with Crippen molar-refractivity contribution < 1.29 is 18.8 Å². The van der Waals surface area contributed by atoms with Gasteiger partial charge in [-0.15, -0.1) is 0 Å². The van der Waals surface area contributed by atoms with E-state index >= 15 is 0 Å². The first-order valence-electron chi connectivity index (χ1n) is 8.63. The zero-order valence-corrected chi connectivity index (χ0v) is 16.9. The molecule has 1 fully saturated rings. The van der Waals surface area contributed by atoms with Gasteiger partial charge in [0, 0.05) is 25.7 Å². The number of carbonyl (C=O) groups excluding carboxylic acids is 1. The van der Waals surface area contributed by atoms with Crippen molar-refractivity contribution in [2.75, 3.05) is 37.5 Å². The highest BCUT2D eigenvalue weighted by Gasteiger charge is 2.35. The van der Waals surface area contributed by atoms with Crippen molar-refractivity contribution in [2.45, 2.75) is 6.54 Å². The Morgan fingerprint density at radius 2 is 2.00 bits per heavy atom. The maximum Gasteiger partial charge on any atom is 0.277 e. The van der Waals surface area contributed by atoms with Gasteiger partial charge in [0.15, 0.2) is 5.11 Å². The molecule has 29 heavy (non-hydrogen) atoms. The van der Waals surface area contributed by atoms with Gasteiger partial charge in [-0.1, -0.05) is 0 Å². The highest BCUT2D eigenvalue weighted by molar-refractivity contribution is 7.80. The molecule has 152 valence electrons. The molecule has 8 nitrogen and oxygen atoms in total. The van der Waals surface area contributed by atoms with Gasteiger partial charge >= 0.3 is 0 Å². The summed E-state index contributed by atoms with van der Waals surface area (Å²) in [6, 6.07) is 8.62. The fourth-order valence-corrected chi connectivity index (χ4v) is 3.49. The van der Waals surface area contributed by atoms with Crippen LogP contribution in [0.2, 0.25) is 0 Å². The van der Waals surface area contributed by atoms with E-state index in [1.165, 1.54) is 18.1 Å². The number of methoxy groups -OCH3 is 1. The lowest BCUT2D eigenvalue weighted by molar-refractivity contribution is -0.385. The number of benzene rings is 2. The van der Waals surface area contributed by atoms with Gasteiger partial charge in [0.05, 0.1) is 36.0 Å². The third-order valence-corrected chi connectivity index (χ3v) is 4.99. The van der Waals surface area contributed by atoms with Gasteiger partial charge in [-0.05, 0) is 36.5 Å². The molecule has 0 atom stereocenters. The molecular formula is C19H19FN4O4S. The number of amides is 1. The molecule has 2 aromatic carbocycles. The molecule has 3 rings (SSSR count). The predicted octanol–water partition coefficient (Wildman–Crippen LogP) is 2.94. The van der Waals surface area contributed by atoms with E-state index in [4.69, 9.17) is 17.0 Å². The zero-order chi connectivity index (χ0) is 21.3. The van der Waals surface area contributed by atoms with Crippen molar-refractivity contribution in [3.63, 3.8) is 0 Å². The monoisotopic (exact) mass is 418 g/mol. The van der Waals surface area contributed by atoms with Gasteiger partial charge in [-0.2, -0.15) is 0 Å². The molecule has 0 N–H and O–H groups in total. The Bertz CT molecular complexity index is 998. The molecule has 0 aromatic heterocycles. The minimum absolute atomic E-state index is 0.0184. The lowest BCUT2D eigenvalue weighted by Gasteiger charge is -2.22. The number of halogens is 1. The van der Waals surface area contributed by atoms with E-state index in [2.05, 4.69) is 0 Å². The second-order valence-corrected chi connectivity index (χ2v) is 7.01. The molecule has 0 radical (unpaired) electrons. The summed E-state index contributed by atoms with van der Waals surface area (Å²) in [4.78, 5) is 28.0. The van der Waals surface area contributed by atoms with Gasteiger partial charge < -0.3 is 14.5 Å². The zero-order valence-electron chi connectivity index (χ0n) is 16.1. The Morgan fingerprint density at radius 3 is 2.62 bits per heavy atom. The Kier molecular flexibility index (Phi) is 5.64. The largest absolute Gasteiger partial charge is 0.495 e. The topological polar surface area (TPSA) is 79.2 Å². The van der Waals surface area contributed by atoms with Crippen LogP contribution >= 0.6 is 12.2 Å². The average molecular weight is 418 g/mol. The Balaban J connectivity index is 1.89. The summed E-state index contributed by atoms with van der Waals surface area (Å²) in [5, 5.41) is 11.4. The number of nitrogens with zero attached hydrogens (tertiary/aromatic N) is 4. The minimum atomic E-state index is -0.699. The van der Waals surface area contributed by atoms with E-state index in [1.807, 2.05) is 25.1 Å². The maximum atomic E-state index is 13.4. The van der Waals surface area contributed by atoms with E-state index in [-0.39, 0.29) is 35.4 Å². The number of nitro benzene ring substituents is 1. The van der Waals surface area contributed by atoms with Crippen LogP contribution in [0.5, 0.6) is 5.75 Å². The fourth-order valence-electron chi connectivity index (χ4n) is 3.15. The van der Waals surface area contributed by atoms with Crippen LogP contribution in [0, 0.1) is 15.9 Å². The Hall–Kier alpha value is -3.27. The van der Waals surface area contributed by atoms with Gasteiger partial charge in [-0.25, -0.2) is 4.39 Å². The van der Waals surface area contributed by atoms with E-state index < -0.39 is 10.7 Å². The van der Waals surface area contributed by atoms with Crippen molar-refractivity contribution in [1.29, 1.82) is 0 Å². The van der Waals surface area contributed by atoms with Crippen LogP contribution in [0.1, 0.15) is 5.56 Å². The Morgan fingerprint density at radius 1 is 1.28 bits per heavy atom. The number of hydrogen-bond donors (Lipinski definition) is 0. The van der Waals surface area contributed by atoms with E-state index in [0.717, 1.165) is 17.8 Å². The summed E-state index contributed by atoms with van der Waals surface area (Å²) in [6.07, 6.45) is 0. The third-order valence-electron chi connectivity index (χ3n) is 4.55. The maximum absolute atomic E-state index is 13.4. The SMILES string of the molecule is COc1cc(N2C(=O)CN(Cc3ccc(F)cc3[N+](=O)[O-])C2=S)ccc1N(C)C. The van der Waals surface area contributed by atoms with E-state index in [9.17, 15) is 19.3 Å². The quantitative estimate of drug-likeness (QED) is 0.405. The van der Waals surface area contributed by atoms with Gasteiger partial charge in [0.1, 0.15) is 18.1 Å². The van der Waals surface area contributed by atoms with Crippen LogP contribution in [0.4, 0.5) is 21.5 Å². The van der Waals surface area contributed by atoms with Crippen LogP contribution in [0.15, 0.2) is 36.4 Å². The first-order chi connectivity index (χ1) is 13.7. The van der Waals surface area contributed by atoms with Crippen LogP contribution in [0.25, 0.3) is 0 Å². The number of carbonyl (C=O) groups is 1. The first kappa shape index (κ1) is 20.5. The van der Waals surface area contributed by atoms with Crippen molar-refractivity contribution in [2.24, 2.45) is 0 Å². The minimum Gasteiger partial charge on any atom is -0.495 e. The van der Waals surface area contributed by atoms with Gasteiger partial charge in [0.25, 0.3) is 11.6 Å². The number of thiocarbonyl (C=S) groups is 1. The summed E-state index contributed by atoms with van der Waals surface area (Å²) in [7, 11) is 5.29. The Labute approximate surface area is 172 Å². The highest BCUT2D eigenvalue weighted by atomic mass is 32.1. The summed E-state index contributed by atoms with van der Waals surface area (Å²) >= 11 is 5.45. The van der Waals surface area contributed by atoms with E-state index in [0.29, 0.717) is 11.4 Å². The molecule has 10 heteroatoms. The average Bonchev–Trinajstić information content (AvgIpc) is 2.95. The van der Waals surface area contributed by atoms with Crippen molar-refractivity contribution >= 4 is 40.3 Å². The number of hydrogen-bond acceptors (Lipinski definition) is 6. The van der Waals surface area contributed by atoms with Crippen LogP contribution in [-0.2, 0) is 11.3 Å². The van der Waals surface area contributed by atoms with Crippen LogP contribution in [0.3, 0.4) is 0 Å². The molecule has 1 saturated heterocycles. The second-order valence-electron chi connectivity index (χ2n) is 6.65. The number of ether oxygens (including phenoxy) is 1. The van der Waals surface area contributed by atoms with Crippen LogP contribution in [-0.4, -0.2) is 48.6 Å². The molecule has 1 aliphatic heterocycles. The molecule has 1 aliphatic rings. The smallest absolute Gasteiger partial charge is 0.277 e. The summed E-state index contributed by atoms with van der Waals surface area (Å²) < 4.78 is 18.8. The molecule has 0 unspecified atom stereocenters. The first-order valence-corrected chi connectivity index (χ1v) is 9.03. The lowest BCUT2D eigenvalue weighted by atomic mass is 10.1. The summed E-state index contributed by atoms with van der Waals surface area (Å²) in [5.74, 6) is -0.384. The third kappa shape index (κ3) is 3.97. The van der Waals surface area contributed by atoms with Crippen LogP contribution < -0.4 is 14.5 Å². The fraction of sp³-hybridized carbons (Fsp3) is 0.263. The number of anilines is 2. The van der Waals surface area contributed by atoms with Crippen molar-refractivity contribution in [1.82, 2.24) is 4.90 Å². The standard InChI is InChI=1S/C19H19FN4O4S/c1-21(2)15-7-6-14(9-17(15)28-3)23-18(25)11-22(19(23)29)10-12-4-5-13(20)8-16(12)24(26)27/h4-9H,10-11H2,1-3H3. The number of nitro groups is 1. The normalized spacial score (nSPS) is 13.8. The predicted molar refractivity (Wildman–Crippen MR) is 111 cm³/mol. The summed E-state index contributed by atoms with van der Waals surface area (Å²) in [5.41, 5.74) is 1.30. The molecule has 0 bridgehead atoms. The highest BCUT2D eigenvalue weighted by Crippen LogP contribution is 2.34. The molecule has 0 aliphatic carbocycles. The lowest BCUT2D eigenvalue weighted by Crippen LogP contribution is -2.32. The molecule has 1 heterocycles. The molecule has 0 spiro atoms.